The summed E-state index contributed by atoms with van der Waals surface area (Å²) in [6, 6.07) is 12.7. The zero-order valence-electron chi connectivity index (χ0n) is 13.3. The van der Waals surface area contributed by atoms with Gasteiger partial charge in [-0.15, -0.1) is 0 Å². The monoisotopic (exact) mass is 322 g/mol. The first-order valence-corrected chi connectivity index (χ1v) is 7.70. The average molecular weight is 322 g/mol. The Hall–Kier alpha value is -2.99. The fourth-order valence-corrected chi connectivity index (χ4v) is 2.35. The van der Waals surface area contributed by atoms with Crippen molar-refractivity contribution in [3.05, 3.63) is 70.8 Å². The van der Waals surface area contributed by atoms with E-state index in [-0.39, 0.29) is 12.2 Å². The van der Waals surface area contributed by atoms with Gasteiger partial charge >= 0.3 is 0 Å². The molecule has 122 valence electrons. The van der Waals surface area contributed by atoms with Crippen molar-refractivity contribution in [1.29, 1.82) is 0 Å². The molecule has 0 unspecified atom stereocenters. The van der Waals surface area contributed by atoms with Crippen LogP contribution in [0.3, 0.4) is 0 Å². The van der Waals surface area contributed by atoms with Crippen molar-refractivity contribution in [2.24, 2.45) is 0 Å². The van der Waals surface area contributed by atoms with Gasteiger partial charge in [0, 0.05) is 30.2 Å². The third-order valence-corrected chi connectivity index (χ3v) is 3.65. The predicted octanol–water partition coefficient (Wildman–Crippen LogP) is 2.56. The Morgan fingerprint density at radius 3 is 2.62 bits per heavy atom. The minimum Gasteiger partial charge on any atom is -0.392 e. The van der Waals surface area contributed by atoms with Crippen LogP contribution in [0.15, 0.2) is 59.7 Å². The number of anilines is 2. The number of rotatable bonds is 5. The molecule has 0 aliphatic heterocycles. The Morgan fingerprint density at radius 2 is 2.00 bits per heavy atom. The number of nitrogens with one attached hydrogen (secondary N) is 1. The van der Waals surface area contributed by atoms with E-state index < -0.39 is 0 Å². The standard InChI is InChI=1S/C18H18N4O2/c1-2-22-18(24)17(20-15-7-5-13(12-23)6-8-15)10-16(21-22)14-4-3-9-19-11-14/h3-11,20,23H,2,12H2,1H3. The molecule has 0 spiro atoms. The normalized spacial score (nSPS) is 10.6. The average Bonchev–Trinajstić information content (AvgIpc) is 2.64. The maximum Gasteiger partial charge on any atom is 0.290 e. The summed E-state index contributed by atoms with van der Waals surface area (Å²) in [5, 5.41) is 16.6. The van der Waals surface area contributed by atoms with E-state index in [1.807, 2.05) is 43.3 Å². The van der Waals surface area contributed by atoms with E-state index in [4.69, 9.17) is 5.11 Å². The Labute approximate surface area is 139 Å². The van der Waals surface area contributed by atoms with E-state index in [2.05, 4.69) is 15.4 Å². The van der Waals surface area contributed by atoms with Gasteiger partial charge in [-0.1, -0.05) is 12.1 Å². The number of aromatic nitrogens is 3. The summed E-state index contributed by atoms with van der Waals surface area (Å²) >= 11 is 0. The molecule has 1 aromatic carbocycles. The van der Waals surface area contributed by atoms with E-state index in [0.717, 1.165) is 16.8 Å². The van der Waals surface area contributed by atoms with Gasteiger partial charge in [0.25, 0.3) is 5.56 Å². The minimum absolute atomic E-state index is 0.0106. The summed E-state index contributed by atoms with van der Waals surface area (Å²) in [6.07, 6.45) is 3.41. The van der Waals surface area contributed by atoms with Crippen molar-refractivity contribution in [2.75, 3.05) is 5.32 Å². The molecular weight excluding hydrogens is 304 g/mol. The molecule has 3 rings (SSSR count). The topological polar surface area (TPSA) is 80.0 Å². The van der Waals surface area contributed by atoms with Gasteiger partial charge in [-0.2, -0.15) is 5.10 Å². The van der Waals surface area contributed by atoms with E-state index in [1.54, 1.807) is 18.5 Å². The number of benzene rings is 1. The van der Waals surface area contributed by atoms with Crippen LogP contribution in [-0.2, 0) is 13.2 Å². The van der Waals surface area contributed by atoms with E-state index in [9.17, 15) is 4.79 Å². The van der Waals surface area contributed by atoms with Crippen molar-refractivity contribution >= 4 is 11.4 Å². The van der Waals surface area contributed by atoms with E-state index in [0.29, 0.717) is 17.9 Å². The second kappa shape index (κ2) is 7.06. The van der Waals surface area contributed by atoms with Gasteiger partial charge in [-0.3, -0.25) is 9.78 Å². The highest BCUT2D eigenvalue weighted by Crippen LogP contribution is 2.20. The van der Waals surface area contributed by atoms with Crippen LogP contribution in [0.4, 0.5) is 11.4 Å². The van der Waals surface area contributed by atoms with Crippen molar-refractivity contribution in [2.45, 2.75) is 20.1 Å². The van der Waals surface area contributed by atoms with Gasteiger partial charge in [-0.25, -0.2) is 4.68 Å². The lowest BCUT2D eigenvalue weighted by Gasteiger charge is -2.11. The van der Waals surface area contributed by atoms with Crippen LogP contribution in [0, 0.1) is 0 Å². The number of aryl methyl sites for hydroxylation is 1. The number of pyridine rings is 1. The zero-order valence-corrected chi connectivity index (χ0v) is 13.3. The molecule has 0 fully saturated rings. The van der Waals surface area contributed by atoms with Crippen LogP contribution in [0.25, 0.3) is 11.3 Å². The molecule has 24 heavy (non-hydrogen) atoms. The molecule has 0 amide bonds. The summed E-state index contributed by atoms with van der Waals surface area (Å²) < 4.78 is 1.42. The Morgan fingerprint density at radius 1 is 1.21 bits per heavy atom. The van der Waals surface area contributed by atoms with Crippen molar-refractivity contribution in [1.82, 2.24) is 14.8 Å². The van der Waals surface area contributed by atoms with Crippen LogP contribution in [0.2, 0.25) is 0 Å². The highest BCUT2D eigenvalue weighted by molar-refractivity contribution is 5.66. The third-order valence-electron chi connectivity index (χ3n) is 3.65. The summed E-state index contributed by atoms with van der Waals surface area (Å²) in [5.74, 6) is 0. The molecule has 3 aromatic rings. The first-order chi connectivity index (χ1) is 11.7. The molecule has 6 heteroatoms. The molecule has 0 bridgehead atoms. The number of nitrogens with zero attached hydrogens (tertiary/aromatic N) is 3. The van der Waals surface area contributed by atoms with E-state index >= 15 is 0 Å². The molecule has 0 saturated carbocycles. The Bertz CT molecular complexity index is 874. The SMILES string of the molecule is CCn1nc(-c2cccnc2)cc(Nc2ccc(CO)cc2)c1=O. The Balaban J connectivity index is 2.01. The Kier molecular flexibility index (Phi) is 4.67. The zero-order chi connectivity index (χ0) is 16.9. The maximum atomic E-state index is 12.5. The van der Waals surface area contributed by atoms with Gasteiger partial charge in [0.05, 0.1) is 12.3 Å². The van der Waals surface area contributed by atoms with Gasteiger partial charge in [0.15, 0.2) is 0 Å². The van der Waals surface area contributed by atoms with Crippen LogP contribution in [-0.4, -0.2) is 19.9 Å². The summed E-state index contributed by atoms with van der Waals surface area (Å²) in [7, 11) is 0. The number of hydrogen-bond acceptors (Lipinski definition) is 5. The second-order valence-corrected chi connectivity index (χ2v) is 5.29. The fraction of sp³-hybridized carbons (Fsp3) is 0.167. The first kappa shape index (κ1) is 15.9. The number of hydrogen-bond donors (Lipinski definition) is 2. The van der Waals surface area contributed by atoms with Gasteiger partial charge in [0.2, 0.25) is 0 Å². The highest BCUT2D eigenvalue weighted by Gasteiger charge is 2.10. The van der Waals surface area contributed by atoms with Crippen molar-refractivity contribution in [3.8, 4) is 11.3 Å². The quantitative estimate of drug-likeness (QED) is 0.754. The summed E-state index contributed by atoms with van der Waals surface area (Å²) in [4.78, 5) is 16.6. The van der Waals surface area contributed by atoms with Crippen LogP contribution < -0.4 is 10.9 Å². The third kappa shape index (κ3) is 3.33. The maximum absolute atomic E-state index is 12.5. The van der Waals surface area contributed by atoms with Gasteiger partial charge in [-0.05, 0) is 42.8 Å². The van der Waals surface area contributed by atoms with Crippen LogP contribution >= 0.6 is 0 Å². The molecule has 0 atom stereocenters. The minimum atomic E-state index is -0.184. The fourth-order valence-electron chi connectivity index (χ4n) is 2.35. The van der Waals surface area contributed by atoms with Gasteiger partial charge < -0.3 is 10.4 Å². The highest BCUT2D eigenvalue weighted by atomic mass is 16.3. The largest absolute Gasteiger partial charge is 0.392 e. The lowest BCUT2D eigenvalue weighted by molar-refractivity contribution is 0.282. The molecular formula is C18H18N4O2. The molecule has 0 aliphatic carbocycles. The van der Waals surface area contributed by atoms with Crippen molar-refractivity contribution in [3.63, 3.8) is 0 Å². The lowest BCUT2D eigenvalue weighted by atomic mass is 10.2. The predicted molar refractivity (Wildman–Crippen MR) is 93.0 cm³/mol. The lowest BCUT2D eigenvalue weighted by Crippen LogP contribution is -2.24. The second-order valence-electron chi connectivity index (χ2n) is 5.29. The number of aliphatic hydroxyl groups excluding tert-OH is 1. The molecule has 0 radical (unpaired) electrons. The van der Waals surface area contributed by atoms with Gasteiger partial charge in [0.1, 0.15) is 5.69 Å². The molecule has 2 aromatic heterocycles. The molecule has 0 aliphatic rings. The number of aliphatic hydroxyl groups is 1. The first-order valence-electron chi connectivity index (χ1n) is 7.70. The van der Waals surface area contributed by atoms with Crippen LogP contribution in [0.5, 0.6) is 0 Å². The van der Waals surface area contributed by atoms with E-state index in [1.165, 1.54) is 4.68 Å². The summed E-state index contributed by atoms with van der Waals surface area (Å²) in [6.45, 7) is 2.34. The molecule has 2 heterocycles. The summed E-state index contributed by atoms with van der Waals surface area (Å²) in [5.41, 5.74) is 3.38. The van der Waals surface area contributed by atoms with Crippen LogP contribution in [0.1, 0.15) is 12.5 Å². The smallest absolute Gasteiger partial charge is 0.290 e. The van der Waals surface area contributed by atoms with Crippen molar-refractivity contribution < 1.29 is 5.11 Å². The molecule has 2 N–H and O–H groups in total. The molecule has 6 nitrogen and oxygen atoms in total. The molecule has 0 saturated heterocycles.